The second kappa shape index (κ2) is 5.08. The van der Waals surface area contributed by atoms with Gasteiger partial charge in [0.1, 0.15) is 5.76 Å². The van der Waals surface area contributed by atoms with Crippen LogP contribution in [0.3, 0.4) is 0 Å². The van der Waals surface area contributed by atoms with Crippen molar-refractivity contribution in [2.75, 3.05) is 17.7 Å². The van der Waals surface area contributed by atoms with Crippen LogP contribution >= 0.6 is 0 Å². The van der Waals surface area contributed by atoms with Gasteiger partial charge in [0.15, 0.2) is 0 Å². The summed E-state index contributed by atoms with van der Waals surface area (Å²) in [6.07, 6.45) is 1.41. The molecule has 1 amide bonds. The number of aryl methyl sites for hydroxylation is 1. The van der Waals surface area contributed by atoms with Crippen molar-refractivity contribution in [1.82, 2.24) is 0 Å². The summed E-state index contributed by atoms with van der Waals surface area (Å²) in [6.45, 7) is 1.67. The van der Waals surface area contributed by atoms with Crippen LogP contribution in [0.4, 0.5) is 11.4 Å². The molecule has 0 spiro atoms. The van der Waals surface area contributed by atoms with Gasteiger partial charge in [-0.15, -0.1) is 0 Å². The van der Waals surface area contributed by atoms with Crippen molar-refractivity contribution in [3.63, 3.8) is 0 Å². The molecule has 0 saturated heterocycles. The zero-order chi connectivity index (χ0) is 14.9. The number of carbonyl (C=O) groups is 2. The highest BCUT2D eigenvalue weighted by atomic mass is 16.4. The Kier molecular flexibility index (Phi) is 3.47. The third kappa shape index (κ3) is 2.35. The van der Waals surface area contributed by atoms with Crippen LogP contribution in [0, 0.1) is 6.92 Å². The number of anilines is 2. The van der Waals surface area contributed by atoms with Gasteiger partial charge in [-0.2, -0.15) is 0 Å². The van der Waals surface area contributed by atoms with Gasteiger partial charge >= 0.3 is 5.97 Å². The Morgan fingerprint density at radius 3 is 2.50 bits per heavy atom. The second-order valence-corrected chi connectivity index (χ2v) is 4.34. The Balaban J connectivity index is 2.44. The molecule has 20 heavy (non-hydrogen) atoms. The highest BCUT2D eigenvalue weighted by molar-refractivity contribution is 6.09. The topological polar surface area (TPSA) is 96.8 Å². The first kappa shape index (κ1) is 13.7. The van der Waals surface area contributed by atoms with Crippen LogP contribution in [0.25, 0.3) is 0 Å². The van der Waals surface area contributed by atoms with Gasteiger partial charge < -0.3 is 20.2 Å². The van der Waals surface area contributed by atoms with E-state index in [4.69, 9.17) is 10.2 Å². The standard InChI is InChI=1S/C14H14N2O4/c1-8-10(5-6-20-8)13(17)16(2)12-4-3-9(15)7-11(12)14(18)19/h3-7H,15H2,1-2H3,(H,18,19). The Morgan fingerprint density at radius 2 is 1.95 bits per heavy atom. The van der Waals surface area contributed by atoms with Gasteiger partial charge in [0.2, 0.25) is 0 Å². The number of rotatable bonds is 3. The molecular formula is C14H14N2O4. The number of furan rings is 1. The number of aromatic carboxylic acids is 1. The van der Waals surface area contributed by atoms with Crippen molar-refractivity contribution >= 4 is 23.3 Å². The number of hydrogen-bond donors (Lipinski definition) is 2. The highest BCUT2D eigenvalue weighted by Gasteiger charge is 2.22. The summed E-state index contributed by atoms with van der Waals surface area (Å²) in [4.78, 5) is 24.8. The third-order valence-corrected chi connectivity index (χ3v) is 3.01. The van der Waals surface area contributed by atoms with Gasteiger partial charge in [0, 0.05) is 12.7 Å². The average molecular weight is 274 g/mol. The van der Waals surface area contributed by atoms with Gasteiger partial charge in [-0.05, 0) is 31.2 Å². The Bertz CT molecular complexity index is 676. The molecule has 0 aliphatic rings. The average Bonchev–Trinajstić information content (AvgIpc) is 2.83. The number of nitrogens with two attached hydrogens (primary N) is 1. The number of nitrogens with zero attached hydrogens (tertiary/aromatic N) is 1. The van der Waals surface area contributed by atoms with Crippen LogP contribution < -0.4 is 10.6 Å². The Morgan fingerprint density at radius 1 is 1.25 bits per heavy atom. The number of carbonyl (C=O) groups excluding carboxylic acids is 1. The summed E-state index contributed by atoms with van der Waals surface area (Å²) in [5.74, 6) is -1.01. The van der Waals surface area contributed by atoms with Gasteiger partial charge in [-0.1, -0.05) is 0 Å². The lowest BCUT2D eigenvalue weighted by Gasteiger charge is -2.19. The number of carboxylic acids is 1. The quantitative estimate of drug-likeness (QED) is 0.836. The zero-order valence-electron chi connectivity index (χ0n) is 11.1. The molecule has 0 aliphatic heterocycles. The summed E-state index contributed by atoms with van der Waals surface area (Å²) in [7, 11) is 1.51. The van der Waals surface area contributed by atoms with E-state index in [1.54, 1.807) is 19.1 Å². The van der Waals surface area contributed by atoms with Crippen LogP contribution in [0.5, 0.6) is 0 Å². The Hall–Kier alpha value is -2.76. The lowest BCUT2D eigenvalue weighted by atomic mass is 10.1. The smallest absolute Gasteiger partial charge is 0.337 e. The van der Waals surface area contributed by atoms with E-state index >= 15 is 0 Å². The maximum atomic E-state index is 12.3. The van der Waals surface area contributed by atoms with E-state index in [1.165, 1.54) is 30.3 Å². The molecule has 2 aromatic rings. The van der Waals surface area contributed by atoms with Crippen molar-refractivity contribution in [1.29, 1.82) is 0 Å². The predicted molar refractivity (Wildman–Crippen MR) is 74.0 cm³/mol. The molecule has 0 fully saturated rings. The van der Waals surface area contributed by atoms with Gasteiger partial charge in [-0.25, -0.2) is 4.79 Å². The van der Waals surface area contributed by atoms with Crippen molar-refractivity contribution < 1.29 is 19.1 Å². The minimum Gasteiger partial charge on any atom is -0.478 e. The van der Waals surface area contributed by atoms with Crippen molar-refractivity contribution in [3.8, 4) is 0 Å². The molecule has 6 nitrogen and oxygen atoms in total. The van der Waals surface area contributed by atoms with Gasteiger partial charge in [0.05, 0.1) is 23.1 Å². The fourth-order valence-corrected chi connectivity index (χ4v) is 1.91. The first-order valence-electron chi connectivity index (χ1n) is 5.86. The normalized spacial score (nSPS) is 10.3. The minimum absolute atomic E-state index is 0.0259. The summed E-state index contributed by atoms with van der Waals surface area (Å²) in [5, 5.41) is 9.19. The summed E-state index contributed by atoms with van der Waals surface area (Å²) in [6, 6.07) is 5.93. The van der Waals surface area contributed by atoms with Crippen LogP contribution in [0.1, 0.15) is 26.5 Å². The molecule has 6 heteroatoms. The van der Waals surface area contributed by atoms with E-state index < -0.39 is 5.97 Å². The van der Waals surface area contributed by atoms with E-state index in [1.807, 2.05) is 0 Å². The maximum Gasteiger partial charge on any atom is 0.337 e. The van der Waals surface area contributed by atoms with E-state index in [2.05, 4.69) is 0 Å². The van der Waals surface area contributed by atoms with E-state index in [9.17, 15) is 14.7 Å². The van der Waals surface area contributed by atoms with E-state index in [-0.39, 0.29) is 17.2 Å². The van der Waals surface area contributed by atoms with Crippen molar-refractivity contribution in [2.24, 2.45) is 0 Å². The van der Waals surface area contributed by atoms with Gasteiger partial charge in [-0.3, -0.25) is 4.79 Å². The van der Waals surface area contributed by atoms with E-state index in [0.717, 1.165) is 0 Å². The lowest BCUT2D eigenvalue weighted by molar-refractivity contribution is 0.0698. The van der Waals surface area contributed by atoms with Crippen LogP contribution in [-0.2, 0) is 0 Å². The molecule has 0 radical (unpaired) electrons. The van der Waals surface area contributed by atoms with E-state index in [0.29, 0.717) is 17.0 Å². The minimum atomic E-state index is -1.14. The zero-order valence-corrected chi connectivity index (χ0v) is 11.1. The van der Waals surface area contributed by atoms with Gasteiger partial charge in [0.25, 0.3) is 5.91 Å². The van der Waals surface area contributed by atoms with Crippen LogP contribution in [0.15, 0.2) is 34.9 Å². The molecule has 3 N–H and O–H groups in total. The van der Waals surface area contributed by atoms with Crippen molar-refractivity contribution in [2.45, 2.75) is 6.92 Å². The molecule has 1 aromatic heterocycles. The molecule has 2 rings (SSSR count). The molecule has 0 atom stereocenters. The van der Waals surface area contributed by atoms with Crippen LogP contribution in [0.2, 0.25) is 0 Å². The second-order valence-electron chi connectivity index (χ2n) is 4.34. The molecule has 1 heterocycles. The van der Waals surface area contributed by atoms with Crippen LogP contribution in [-0.4, -0.2) is 24.0 Å². The summed E-state index contributed by atoms with van der Waals surface area (Å²) < 4.78 is 5.08. The molecule has 1 aromatic carbocycles. The molecule has 104 valence electrons. The first-order valence-corrected chi connectivity index (χ1v) is 5.86. The lowest BCUT2D eigenvalue weighted by Crippen LogP contribution is -2.28. The summed E-state index contributed by atoms with van der Waals surface area (Å²) >= 11 is 0. The molecule has 0 bridgehead atoms. The number of carboxylic acid groups (broad SMARTS) is 1. The highest BCUT2D eigenvalue weighted by Crippen LogP contribution is 2.24. The SMILES string of the molecule is Cc1occc1C(=O)N(C)c1ccc(N)cc1C(=O)O. The summed E-state index contributed by atoms with van der Waals surface area (Å²) in [5.41, 5.74) is 6.54. The Labute approximate surface area is 115 Å². The fourth-order valence-electron chi connectivity index (χ4n) is 1.91. The predicted octanol–water partition coefficient (Wildman–Crippen LogP) is 2.15. The molecule has 0 saturated carbocycles. The molecule has 0 unspecified atom stereocenters. The number of hydrogen-bond acceptors (Lipinski definition) is 4. The number of amides is 1. The first-order chi connectivity index (χ1) is 9.41. The molecular weight excluding hydrogens is 260 g/mol. The third-order valence-electron chi connectivity index (χ3n) is 3.01. The maximum absolute atomic E-state index is 12.3. The largest absolute Gasteiger partial charge is 0.478 e. The molecule has 0 aliphatic carbocycles. The van der Waals surface area contributed by atoms with Crippen molar-refractivity contribution in [3.05, 3.63) is 47.4 Å². The fraction of sp³-hybridized carbons (Fsp3) is 0.143. The number of benzene rings is 1. The number of nitrogen functional groups attached to an aromatic ring is 1. The monoisotopic (exact) mass is 274 g/mol.